The van der Waals surface area contributed by atoms with E-state index in [-0.39, 0.29) is 5.91 Å². The zero-order chi connectivity index (χ0) is 18.1. The van der Waals surface area contributed by atoms with Crippen molar-refractivity contribution >= 4 is 11.9 Å². The molecule has 0 spiro atoms. The van der Waals surface area contributed by atoms with Crippen LogP contribution >= 0.6 is 0 Å². The molecule has 1 atom stereocenters. The third-order valence-corrected chi connectivity index (χ3v) is 4.62. The normalized spacial score (nSPS) is 18.0. The quantitative estimate of drug-likeness (QED) is 0.612. The maximum atomic E-state index is 12.4. The monoisotopic (exact) mass is 346 g/mol. The summed E-state index contributed by atoms with van der Waals surface area (Å²) in [6.45, 7) is 4.22. The molecule has 0 saturated carbocycles. The summed E-state index contributed by atoms with van der Waals surface area (Å²) in [5, 5.41) is 6.47. The number of para-hydroxylation sites is 1. The highest BCUT2D eigenvalue weighted by molar-refractivity contribution is 5.81. The minimum absolute atomic E-state index is 0.222. The second kappa shape index (κ2) is 9.91. The molecule has 1 aromatic rings. The van der Waals surface area contributed by atoms with Crippen LogP contribution in [-0.2, 0) is 11.3 Å². The number of nitrogens with one attached hydrogen (secondary N) is 2. The third-order valence-electron chi connectivity index (χ3n) is 4.62. The predicted molar refractivity (Wildman–Crippen MR) is 101 cm³/mol. The van der Waals surface area contributed by atoms with Gasteiger partial charge in [-0.15, -0.1) is 0 Å². The Morgan fingerprint density at radius 3 is 2.84 bits per heavy atom. The number of ether oxygens (including phenoxy) is 1. The topological polar surface area (TPSA) is 66.0 Å². The van der Waals surface area contributed by atoms with E-state index in [9.17, 15) is 4.79 Å². The number of benzene rings is 1. The van der Waals surface area contributed by atoms with E-state index in [1.807, 2.05) is 29.2 Å². The van der Waals surface area contributed by atoms with Gasteiger partial charge >= 0.3 is 0 Å². The molecule has 138 valence electrons. The molecular formula is C19H30N4O2. The first-order chi connectivity index (χ1) is 12.2. The number of hydrogen-bond acceptors (Lipinski definition) is 3. The van der Waals surface area contributed by atoms with Gasteiger partial charge in [0.25, 0.3) is 0 Å². The van der Waals surface area contributed by atoms with Crippen molar-refractivity contribution in [2.45, 2.75) is 45.2 Å². The van der Waals surface area contributed by atoms with E-state index in [2.05, 4.69) is 22.5 Å². The van der Waals surface area contributed by atoms with Crippen LogP contribution in [0, 0.1) is 0 Å². The average molecular weight is 346 g/mol. The van der Waals surface area contributed by atoms with E-state index in [1.54, 1.807) is 14.2 Å². The van der Waals surface area contributed by atoms with E-state index >= 15 is 0 Å². The summed E-state index contributed by atoms with van der Waals surface area (Å²) in [5.41, 5.74) is 1.06. The van der Waals surface area contributed by atoms with Crippen LogP contribution in [0.1, 0.15) is 38.2 Å². The highest BCUT2D eigenvalue weighted by Crippen LogP contribution is 2.17. The number of guanidine groups is 1. The Bertz CT molecular complexity index is 589. The summed E-state index contributed by atoms with van der Waals surface area (Å²) in [5.74, 6) is 1.75. The number of piperidine rings is 1. The molecular weight excluding hydrogens is 316 g/mol. The van der Waals surface area contributed by atoms with Crippen LogP contribution in [0.5, 0.6) is 5.75 Å². The summed E-state index contributed by atoms with van der Waals surface area (Å²) in [6, 6.07) is 8.24. The van der Waals surface area contributed by atoms with Crippen molar-refractivity contribution in [1.29, 1.82) is 0 Å². The van der Waals surface area contributed by atoms with Gasteiger partial charge < -0.3 is 20.3 Å². The second-order valence-corrected chi connectivity index (χ2v) is 6.35. The smallest absolute Gasteiger partial charge is 0.224 e. The van der Waals surface area contributed by atoms with Crippen LogP contribution in [0.2, 0.25) is 0 Å². The van der Waals surface area contributed by atoms with E-state index in [4.69, 9.17) is 4.74 Å². The molecule has 6 nitrogen and oxygen atoms in total. The molecule has 0 bridgehead atoms. The Morgan fingerprint density at radius 1 is 1.32 bits per heavy atom. The van der Waals surface area contributed by atoms with Crippen molar-refractivity contribution < 1.29 is 9.53 Å². The number of carbonyl (C=O) groups is 1. The third kappa shape index (κ3) is 5.66. The van der Waals surface area contributed by atoms with Gasteiger partial charge in [-0.2, -0.15) is 0 Å². The van der Waals surface area contributed by atoms with Gasteiger partial charge in [0.15, 0.2) is 5.96 Å². The fraction of sp³-hybridized carbons (Fsp3) is 0.579. The molecule has 0 aliphatic carbocycles. The van der Waals surface area contributed by atoms with Crippen molar-refractivity contribution in [3.05, 3.63) is 29.8 Å². The first-order valence-electron chi connectivity index (χ1n) is 9.01. The number of nitrogens with zero attached hydrogens (tertiary/aromatic N) is 2. The lowest BCUT2D eigenvalue weighted by atomic mass is 10.0. The zero-order valence-corrected chi connectivity index (χ0v) is 15.5. The van der Waals surface area contributed by atoms with Crippen molar-refractivity contribution in [3.63, 3.8) is 0 Å². The molecule has 1 aromatic carbocycles. The minimum atomic E-state index is 0.222. The first kappa shape index (κ1) is 19.1. The molecule has 1 amide bonds. The Morgan fingerprint density at radius 2 is 2.12 bits per heavy atom. The van der Waals surface area contributed by atoms with E-state index in [1.165, 1.54) is 6.42 Å². The largest absolute Gasteiger partial charge is 0.496 e. The molecule has 1 unspecified atom stereocenters. The Labute approximate surface area is 150 Å². The molecule has 0 radical (unpaired) electrons. The Kier molecular flexibility index (Phi) is 7.57. The maximum absolute atomic E-state index is 12.4. The molecule has 2 N–H and O–H groups in total. The fourth-order valence-corrected chi connectivity index (χ4v) is 3.15. The summed E-state index contributed by atoms with van der Waals surface area (Å²) in [7, 11) is 3.39. The molecule has 2 rings (SSSR count). The van der Waals surface area contributed by atoms with E-state index in [0.29, 0.717) is 31.5 Å². The fourth-order valence-electron chi connectivity index (χ4n) is 3.15. The molecule has 6 heteroatoms. The second-order valence-electron chi connectivity index (χ2n) is 6.35. The Balaban J connectivity index is 1.76. The minimum Gasteiger partial charge on any atom is -0.496 e. The van der Waals surface area contributed by atoms with E-state index in [0.717, 1.165) is 30.7 Å². The van der Waals surface area contributed by atoms with Crippen molar-refractivity contribution in [2.75, 3.05) is 27.2 Å². The molecule has 0 aromatic heterocycles. The highest BCUT2D eigenvalue weighted by Gasteiger charge is 2.22. The van der Waals surface area contributed by atoms with Crippen LogP contribution in [-0.4, -0.2) is 50.1 Å². The number of hydrogen-bond donors (Lipinski definition) is 2. The highest BCUT2D eigenvalue weighted by atomic mass is 16.5. The molecule has 1 aliphatic rings. The van der Waals surface area contributed by atoms with Crippen molar-refractivity contribution in [1.82, 2.24) is 15.5 Å². The average Bonchev–Trinajstić information content (AvgIpc) is 2.64. The van der Waals surface area contributed by atoms with Crippen molar-refractivity contribution in [2.24, 2.45) is 4.99 Å². The summed E-state index contributed by atoms with van der Waals surface area (Å²) in [6.07, 6.45) is 3.94. The standard InChI is InChI=1S/C19H30N4O2/c1-15-8-6-7-13-23(15)18(24)11-12-21-19(20-2)22-14-16-9-4-5-10-17(16)25-3/h4-5,9-10,15H,6-8,11-14H2,1-3H3,(H2,20,21,22). The number of amides is 1. The van der Waals surface area contributed by atoms with Crippen LogP contribution in [0.3, 0.4) is 0 Å². The van der Waals surface area contributed by atoms with Crippen LogP contribution in [0.15, 0.2) is 29.3 Å². The number of rotatable bonds is 6. The number of methoxy groups -OCH3 is 1. The first-order valence-corrected chi connectivity index (χ1v) is 9.01. The molecule has 1 heterocycles. The zero-order valence-electron chi connectivity index (χ0n) is 15.5. The maximum Gasteiger partial charge on any atom is 0.224 e. The molecule has 1 fully saturated rings. The van der Waals surface area contributed by atoms with Gasteiger partial charge in [-0.25, -0.2) is 0 Å². The lowest BCUT2D eigenvalue weighted by Crippen LogP contribution is -2.44. The molecule has 1 saturated heterocycles. The van der Waals surface area contributed by atoms with Gasteiger partial charge in [-0.05, 0) is 32.3 Å². The van der Waals surface area contributed by atoms with E-state index < -0.39 is 0 Å². The van der Waals surface area contributed by atoms with Crippen molar-refractivity contribution in [3.8, 4) is 5.75 Å². The van der Waals surface area contributed by atoms with Gasteiger partial charge in [-0.3, -0.25) is 9.79 Å². The summed E-state index contributed by atoms with van der Waals surface area (Å²) < 4.78 is 5.35. The molecule has 25 heavy (non-hydrogen) atoms. The number of aliphatic imine (C=N–C) groups is 1. The summed E-state index contributed by atoms with van der Waals surface area (Å²) >= 11 is 0. The predicted octanol–water partition coefficient (Wildman–Crippen LogP) is 2.15. The van der Waals surface area contributed by atoms with Gasteiger partial charge in [0.05, 0.1) is 7.11 Å². The van der Waals surface area contributed by atoms with Crippen LogP contribution in [0.4, 0.5) is 0 Å². The van der Waals surface area contributed by atoms with Crippen LogP contribution < -0.4 is 15.4 Å². The van der Waals surface area contributed by atoms with Gasteiger partial charge in [0, 0.05) is 44.7 Å². The Hall–Kier alpha value is -2.24. The lowest BCUT2D eigenvalue weighted by molar-refractivity contribution is -0.134. The number of carbonyl (C=O) groups excluding carboxylic acids is 1. The van der Waals surface area contributed by atoms with Gasteiger partial charge in [-0.1, -0.05) is 18.2 Å². The SMILES string of the molecule is CN=C(NCCC(=O)N1CCCCC1C)NCc1ccccc1OC. The summed E-state index contributed by atoms with van der Waals surface area (Å²) in [4.78, 5) is 18.6. The van der Waals surface area contributed by atoms with Gasteiger partial charge in [0.2, 0.25) is 5.91 Å². The molecule has 1 aliphatic heterocycles. The van der Waals surface area contributed by atoms with Gasteiger partial charge in [0.1, 0.15) is 5.75 Å². The number of likely N-dealkylation sites (tertiary alicyclic amines) is 1. The van der Waals surface area contributed by atoms with Crippen LogP contribution in [0.25, 0.3) is 0 Å². The lowest BCUT2D eigenvalue weighted by Gasteiger charge is -2.33.